The van der Waals surface area contributed by atoms with Gasteiger partial charge in [0.05, 0.1) is 5.56 Å². The SMILES string of the molecule is FC(F)c1ccnc(Br)c1C(F)(F)F. The molecule has 78 valence electrons. The van der Waals surface area contributed by atoms with Crippen LogP contribution in [0.3, 0.4) is 0 Å². The van der Waals surface area contributed by atoms with E-state index in [1.54, 1.807) is 0 Å². The van der Waals surface area contributed by atoms with Crippen LogP contribution in [0.2, 0.25) is 0 Å². The Kier molecular flexibility index (Phi) is 3.08. The number of halogens is 6. The number of pyridine rings is 1. The van der Waals surface area contributed by atoms with Gasteiger partial charge in [-0.15, -0.1) is 0 Å². The molecule has 0 fully saturated rings. The van der Waals surface area contributed by atoms with Crippen LogP contribution in [0, 0.1) is 0 Å². The fourth-order valence-electron chi connectivity index (χ4n) is 0.912. The highest BCUT2D eigenvalue weighted by Gasteiger charge is 2.38. The van der Waals surface area contributed by atoms with E-state index in [1.165, 1.54) is 0 Å². The van der Waals surface area contributed by atoms with Gasteiger partial charge in [-0.25, -0.2) is 13.8 Å². The third kappa shape index (κ3) is 2.20. The summed E-state index contributed by atoms with van der Waals surface area (Å²) >= 11 is 2.49. The molecule has 0 N–H and O–H groups in total. The van der Waals surface area contributed by atoms with Crippen LogP contribution in [0.4, 0.5) is 22.0 Å². The predicted octanol–water partition coefficient (Wildman–Crippen LogP) is 3.80. The highest BCUT2D eigenvalue weighted by molar-refractivity contribution is 9.10. The molecular weight excluding hydrogens is 273 g/mol. The van der Waals surface area contributed by atoms with E-state index in [2.05, 4.69) is 20.9 Å². The first-order valence-electron chi connectivity index (χ1n) is 3.33. The molecule has 1 aromatic rings. The van der Waals surface area contributed by atoms with Crippen LogP contribution in [-0.2, 0) is 6.18 Å². The van der Waals surface area contributed by atoms with Gasteiger partial charge in [0, 0.05) is 11.8 Å². The Morgan fingerprint density at radius 1 is 1.29 bits per heavy atom. The van der Waals surface area contributed by atoms with Crippen LogP contribution in [0.1, 0.15) is 17.6 Å². The van der Waals surface area contributed by atoms with Crippen molar-refractivity contribution < 1.29 is 22.0 Å². The molecule has 0 atom stereocenters. The van der Waals surface area contributed by atoms with Crippen molar-refractivity contribution in [3.8, 4) is 0 Å². The van der Waals surface area contributed by atoms with E-state index in [1.807, 2.05) is 0 Å². The van der Waals surface area contributed by atoms with Crippen LogP contribution >= 0.6 is 15.9 Å². The Hall–Kier alpha value is -0.720. The maximum atomic E-state index is 12.3. The molecule has 0 aromatic carbocycles. The van der Waals surface area contributed by atoms with Crippen molar-refractivity contribution in [2.45, 2.75) is 12.6 Å². The molecule has 0 saturated carbocycles. The second kappa shape index (κ2) is 3.80. The van der Waals surface area contributed by atoms with Crippen molar-refractivity contribution in [3.05, 3.63) is 28.0 Å². The van der Waals surface area contributed by atoms with E-state index >= 15 is 0 Å². The van der Waals surface area contributed by atoms with Gasteiger partial charge in [-0.3, -0.25) is 0 Å². The Morgan fingerprint density at radius 2 is 1.86 bits per heavy atom. The number of hydrogen-bond donors (Lipinski definition) is 0. The van der Waals surface area contributed by atoms with Crippen LogP contribution in [-0.4, -0.2) is 4.98 Å². The average Bonchev–Trinajstić information content (AvgIpc) is 2.01. The van der Waals surface area contributed by atoms with Crippen molar-refractivity contribution in [2.75, 3.05) is 0 Å². The Balaban J connectivity index is 3.38. The first-order valence-corrected chi connectivity index (χ1v) is 4.13. The standard InChI is InChI=1S/C7H3BrF5N/c8-5-4(7(11,12)13)3(6(9)10)1-2-14-5/h1-2,6H. The van der Waals surface area contributed by atoms with Gasteiger partial charge in [0.1, 0.15) is 4.60 Å². The Morgan fingerprint density at radius 3 is 2.21 bits per heavy atom. The van der Waals surface area contributed by atoms with Crippen LogP contribution in [0.15, 0.2) is 16.9 Å². The second-order valence-corrected chi connectivity index (χ2v) is 3.12. The number of alkyl halides is 5. The highest BCUT2D eigenvalue weighted by Crippen LogP contribution is 2.39. The molecule has 7 heteroatoms. The summed E-state index contributed by atoms with van der Waals surface area (Å²) in [5.74, 6) is 0. The summed E-state index contributed by atoms with van der Waals surface area (Å²) in [6.07, 6.45) is -7.12. The minimum Gasteiger partial charge on any atom is -0.249 e. The lowest BCUT2D eigenvalue weighted by atomic mass is 10.1. The zero-order valence-electron chi connectivity index (χ0n) is 6.45. The van der Waals surface area contributed by atoms with Gasteiger partial charge in [0.25, 0.3) is 6.43 Å². The largest absolute Gasteiger partial charge is 0.419 e. The van der Waals surface area contributed by atoms with E-state index in [9.17, 15) is 22.0 Å². The summed E-state index contributed by atoms with van der Waals surface area (Å²) in [5.41, 5.74) is -2.49. The molecule has 0 aliphatic heterocycles. The molecule has 1 rings (SSSR count). The number of nitrogens with zero attached hydrogens (tertiary/aromatic N) is 1. The van der Waals surface area contributed by atoms with Gasteiger partial charge < -0.3 is 0 Å². The zero-order valence-corrected chi connectivity index (χ0v) is 8.03. The molecule has 0 amide bonds. The molecule has 0 bridgehead atoms. The molecule has 0 radical (unpaired) electrons. The number of hydrogen-bond acceptors (Lipinski definition) is 1. The molecular formula is C7H3BrF5N. The highest BCUT2D eigenvalue weighted by atomic mass is 79.9. The van der Waals surface area contributed by atoms with Crippen LogP contribution < -0.4 is 0 Å². The molecule has 14 heavy (non-hydrogen) atoms. The van der Waals surface area contributed by atoms with Gasteiger partial charge in [0.15, 0.2) is 0 Å². The summed E-state index contributed by atoms with van der Waals surface area (Å²) in [4.78, 5) is 3.25. The lowest BCUT2D eigenvalue weighted by Crippen LogP contribution is -2.11. The third-order valence-electron chi connectivity index (χ3n) is 1.46. The van der Waals surface area contributed by atoms with Crippen LogP contribution in [0.25, 0.3) is 0 Å². The molecule has 1 nitrogen and oxygen atoms in total. The fraction of sp³-hybridized carbons (Fsp3) is 0.286. The fourth-order valence-corrected chi connectivity index (χ4v) is 1.48. The summed E-state index contributed by atoms with van der Waals surface area (Å²) in [6, 6.07) is 0.651. The average molecular weight is 276 g/mol. The molecule has 1 aromatic heterocycles. The van der Waals surface area contributed by atoms with E-state index < -0.39 is 28.3 Å². The second-order valence-electron chi connectivity index (χ2n) is 2.36. The molecule has 1 heterocycles. The Bertz CT molecular complexity index is 335. The monoisotopic (exact) mass is 275 g/mol. The first-order chi connectivity index (χ1) is 6.34. The summed E-state index contributed by atoms with van der Waals surface area (Å²) < 4.78 is 60.6. The number of aromatic nitrogens is 1. The minimum absolute atomic E-state index is 0.622. The molecule has 0 unspecified atom stereocenters. The molecule has 0 saturated heterocycles. The maximum Gasteiger partial charge on any atom is 0.419 e. The van der Waals surface area contributed by atoms with Gasteiger partial charge in [-0.1, -0.05) is 0 Å². The van der Waals surface area contributed by atoms with Gasteiger partial charge in [0.2, 0.25) is 0 Å². The summed E-state index contributed by atoms with van der Waals surface area (Å²) in [7, 11) is 0. The smallest absolute Gasteiger partial charge is 0.249 e. The third-order valence-corrected chi connectivity index (χ3v) is 2.06. The van der Waals surface area contributed by atoms with Gasteiger partial charge in [-0.2, -0.15) is 13.2 Å². The lowest BCUT2D eigenvalue weighted by molar-refractivity contribution is -0.140. The molecule has 0 spiro atoms. The predicted molar refractivity (Wildman–Crippen MR) is 41.9 cm³/mol. The van der Waals surface area contributed by atoms with Crippen LogP contribution in [0.5, 0.6) is 0 Å². The number of rotatable bonds is 1. The lowest BCUT2D eigenvalue weighted by Gasteiger charge is -2.12. The summed E-state index contributed by atoms with van der Waals surface area (Å²) in [5, 5.41) is 0. The van der Waals surface area contributed by atoms with E-state index in [0.29, 0.717) is 6.07 Å². The normalized spacial score (nSPS) is 12.2. The van der Waals surface area contributed by atoms with Crippen molar-refractivity contribution in [3.63, 3.8) is 0 Å². The topological polar surface area (TPSA) is 12.9 Å². The van der Waals surface area contributed by atoms with E-state index in [0.717, 1.165) is 6.20 Å². The molecule has 0 aliphatic rings. The van der Waals surface area contributed by atoms with Gasteiger partial charge >= 0.3 is 6.18 Å². The first kappa shape index (κ1) is 11.4. The van der Waals surface area contributed by atoms with Crippen molar-refractivity contribution in [1.29, 1.82) is 0 Å². The van der Waals surface area contributed by atoms with Crippen molar-refractivity contribution >= 4 is 15.9 Å². The van der Waals surface area contributed by atoms with Crippen molar-refractivity contribution in [1.82, 2.24) is 4.98 Å². The molecule has 0 aliphatic carbocycles. The van der Waals surface area contributed by atoms with Crippen molar-refractivity contribution in [2.24, 2.45) is 0 Å². The van der Waals surface area contributed by atoms with E-state index in [-0.39, 0.29) is 0 Å². The minimum atomic E-state index is -4.83. The Labute approximate surface area is 84.1 Å². The maximum absolute atomic E-state index is 12.3. The zero-order chi connectivity index (χ0) is 10.9. The van der Waals surface area contributed by atoms with Gasteiger partial charge in [-0.05, 0) is 22.0 Å². The summed E-state index contributed by atoms with van der Waals surface area (Å²) in [6.45, 7) is 0. The quantitative estimate of drug-likeness (QED) is 0.561. The van der Waals surface area contributed by atoms with E-state index in [4.69, 9.17) is 0 Å².